The minimum Gasteiger partial charge on any atom is -0.330 e. The topological polar surface area (TPSA) is 52.0 Å². The summed E-state index contributed by atoms with van der Waals surface area (Å²) in [6.45, 7) is 3.05. The van der Waals surface area contributed by atoms with Gasteiger partial charge in [-0.15, -0.1) is 0 Å². The Morgan fingerprint density at radius 1 is 0.750 bits per heavy atom. The summed E-state index contributed by atoms with van der Waals surface area (Å²) in [7, 11) is 0. The Morgan fingerprint density at radius 3 is 1.81 bits per heavy atom. The average Bonchev–Trinajstić information content (AvgIpc) is 2.30. The molecule has 4 N–H and O–H groups in total. The van der Waals surface area contributed by atoms with E-state index in [1.165, 1.54) is 57.8 Å². The van der Waals surface area contributed by atoms with Gasteiger partial charge in [0.15, 0.2) is 0 Å². The second-order valence-electron chi connectivity index (χ2n) is 4.95. The summed E-state index contributed by atoms with van der Waals surface area (Å²) in [5, 5.41) is 0. The predicted octanol–water partition coefficient (Wildman–Crippen LogP) is 3.58. The lowest BCUT2D eigenvalue weighted by Crippen LogP contribution is -2.20. The summed E-state index contributed by atoms with van der Waals surface area (Å²) < 4.78 is 0. The minimum atomic E-state index is 0.392. The van der Waals surface area contributed by atoms with E-state index in [1.807, 2.05) is 0 Å². The van der Waals surface area contributed by atoms with Crippen LogP contribution in [0.1, 0.15) is 77.6 Å². The monoisotopic (exact) mass is 228 g/mol. The molecule has 0 bridgehead atoms. The molecule has 1 unspecified atom stereocenters. The van der Waals surface area contributed by atoms with Crippen LogP contribution in [0.2, 0.25) is 0 Å². The van der Waals surface area contributed by atoms with E-state index in [9.17, 15) is 0 Å². The summed E-state index contributed by atoms with van der Waals surface area (Å²) >= 11 is 0. The molecule has 0 aromatic carbocycles. The lowest BCUT2D eigenvalue weighted by atomic mass is 10.0. The number of nitrogens with two attached hydrogens (primary N) is 2. The van der Waals surface area contributed by atoms with Gasteiger partial charge in [-0.05, 0) is 25.8 Å². The molecule has 16 heavy (non-hydrogen) atoms. The van der Waals surface area contributed by atoms with Crippen molar-refractivity contribution in [2.45, 2.75) is 83.6 Å². The molecule has 0 aromatic heterocycles. The Kier molecular flexibility index (Phi) is 12.9. The Balaban J connectivity index is 3.02. The van der Waals surface area contributed by atoms with Gasteiger partial charge < -0.3 is 11.5 Å². The molecule has 0 aliphatic heterocycles. The molecule has 0 rings (SSSR count). The average molecular weight is 228 g/mol. The molecule has 0 aromatic rings. The first-order chi connectivity index (χ1) is 7.81. The van der Waals surface area contributed by atoms with Gasteiger partial charge >= 0.3 is 0 Å². The van der Waals surface area contributed by atoms with Gasteiger partial charge in [0.25, 0.3) is 0 Å². The van der Waals surface area contributed by atoms with Gasteiger partial charge in [-0.3, -0.25) is 0 Å². The molecule has 0 fully saturated rings. The van der Waals surface area contributed by atoms with Crippen molar-refractivity contribution in [3.8, 4) is 0 Å². The zero-order chi connectivity index (χ0) is 12.1. The van der Waals surface area contributed by atoms with E-state index in [0.717, 1.165) is 19.4 Å². The van der Waals surface area contributed by atoms with E-state index in [-0.39, 0.29) is 0 Å². The van der Waals surface area contributed by atoms with Crippen LogP contribution in [0.4, 0.5) is 0 Å². The van der Waals surface area contributed by atoms with Gasteiger partial charge in [0.1, 0.15) is 0 Å². The van der Waals surface area contributed by atoms with Crippen molar-refractivity contribution in [3.63, 3.8) is 0 Å². The second kappa shape index (κ2) is 13.0. The lowest BCUT2D eigenvalue weighted by Gasteiger charge is -2.10. The van der Waals surface area contributed by atoms with E-state index in [0.29, 0.717) is 6.04 Å². The van der Waals surface area contributed by atoms with Gasteiger partial charge in [0.2, 0.25) is 0 Å². The number of hydrogen-bond acceptors (Lipinski definition) is 2. The Bertz CT molecular complexity index is 126. The molecule has 0 spiro atoms. The van der Waals surface area contributed by atoms with E-state index in [4.69, 9.17) is 11.5 Å². The largest absolute Gasteiger partial charge is 0.330 e. The van der Waals surface area contributed by atoms with Crippen LogP contribution in [0.5, 0.6) is 0 Å². The quantitative estimate of drug-likeness (QED) is 0.502. The smallest absolute Gasteiger partial charge is 0.00392 e. The van der Waals surface area contributed by atoms with Crippen LogP contribution in [0.3, 0.4) is 0 Å². The molecule has 0 aliphatic rings. The van der Waals surface area contributed by atoms with Crippen LogP contribution in [-0.4, -0.2) is 12.6 Å². The van der Waals surface area contributed by atoms with E-state index >= 15 is 0 Å². The number of hydrogen-bond donors (Lipinski definition) is 2. The molecule has 0 radical (unpaired) electrons. The van der Waals surface area contributed by atoms with Crippen molar-refractivity contribution in [2.75, 3.05) is 6.54 Å². The molecule has 0 saturated heterocycles. The van der Waals surface area contributed by atoms with E-state index < -0.39 is 0 Å². The zero-order valence-electron chi connectivity index (χ0n) is 11.2. The van der Waals surface area contributed by atoms with Gasteiger partial charge in [-0.1, -0.05) is 58.3 Å². The Labute approximate surface area is 102 Å². The standard InChI is InChI=1S/C14H32N2/c1-2-3-4-5-6-7-8-9-11-14(16)12-10-13-15/h14H,2-13,15-16H2,1H3. The summed E-state index contributed by atoms with van der Waals surface area (Å²) in [6.07, 6.45) is 14.5. The first-order valence-corrected chi connectivity index (χ1v) is 7.27. The van der Waals surface area contributed by atoms with E-state index in [2.05, 4.69) is 6.92 Å². The maximum absolute atomic E-state index is 5.98. The van der Waals surface area contributed by atoms with Gasteiger partial charge in [-0.25, -0.2) is 0 Å². The minimum absolute atomic E-state index is 0.392. The Morgan fingerprint density at radius 2 is 1.25 bits per heavy atom. The van der Waals surface area contributed by atoms with Crippen molar-refractivity contribution in [1.29, 1.82) is 0 Å². The molecular formula is C14H32N2. The number of rotatable bonds is 12. The Hall–Kier alpha value is -0.0800. The molecule has 0 amide bonds. The predicted molar refractivity (Wildman–Crippen MR) is 73.5 cm³/mol. The van der Waals surface area contributed by atoms with Crippen molar-refractivity contribution >= 4 is 0 Å². The van der Waals surface area contributed by atoms with Gasteiger partial charge in [0, 0.05) is 6.04 Å². The van der Waals surface area contributed by atoms with Gasteiger partial charge in [-0.2, -0.15) is 0 Å². The fourth-order valence-electron chi connectivity index (χ4n) is 2.06. The molecule has 0 aliphatic carbocycles. The first-order valence-electron chi connectivity index (χ1n) is 7.27. The van der Waals surface area contributed by atoms with E-state index in [1.54, 1.807) is 0 Å². The highest BCUT2D eigenvalue weighted by Gasteiger charge is 2.01. The van der Waals surface area contributed by atoms with Crippen LogP contribution >= 0.6 is 0 Å². The lowest BCUT2D eigenvalue weighted by molar-refractivity contribution is 0.499. The molecule has 98 valence electrons. The summed E-state index contributed by atoms with van der Waals surface area (Å²) in [5.74, 6) is 0. The van der Waals surface area contributed by atoms with Crippen LogP contribution in [0.25, 0.3) is 0 Å². The fourth-order valence-corrected chi connectivity index (χ4v) is 2.06. The summed E-state index contributed by atoms with van der Waals surface area (Å²) in [6, 6.07) is 0.392. The van der Waals surface area contributed by atoms with Crippen molar-refractivity contribution in [1.82, 2.24) is 0 Å². The zero-order valence-corrected chi connectivity index (χ0v) is 11.2. The summed E-state index contributed by atoms with van der Waals surface area (Å²) in [4.78, 5) is 0. The van der Waals surface area contributed by atoms with Crippen LogP contribution in [0.15, 0.2) is 0 Å². The second-order valence-corrected chi connectivity index (χ2v) is 4.95. The molecule has 2 heteroatoms. The maximum Gasteiger partial charge on any atom is 0.00392 e. The highest BCUT2D eigenvalue weighted by Crippen LogP contribution is 2.11. The molecule has 0 saturated carbocycles. The normalized spacial score (nSPS) is 12.9. The van der Waals surface area contributed by atoms with Crippen molar-refractivity contribution < 1.29 is 0 Å². The highest BCUT2D eigenvalue weighted by molar-refractivity contribution is 4.61. The van der Waals surface area contributed by atoms with Crippen molar-refractivity contribution in [2.24, 2.45) is 11.5 Å². The van der Waals surface area contributed by atoms with Crippen LogP contribution < -0.4 is 11.5 Å². The molecule has 2 nitrogen and oxygen atoms in total. The molecule has 1 atom stereocenters. The molecular weight excluding hydrogens is 196 g/mol. The highest BCUT2D eigenvalue weighted by atomic mass is 14.6. The van der Waals surface area contributed by atoms with Crippen LogP contribution in [-0.2, 0) is 0 Å². The fraction of sp³-hybridized carbons (Fsp3) is 1.00. The third-order valence-corrected chi connectivity index (χ3v) is 3.21. The maximum atomic E-state index is 5.98. The third-order valence-electron chi connectivity index (χ3n) is 3.21. The number of unbranched alkanes of at least 4 members (excludes halogenated alkanes) is 7. The SMILES string of the molecule is CCCCCCCCCCC(N)CCCN. The van der Waals surface area contributed by atoms with Gasteiger partial charge in [0.05, 0.1) is 0 Å². The van der Waals surface area contributed by atoms with Crippen molar-refractivity contribution in [3.05, 3.63) is 0 Å². The first kappa shape index (κ1) is 15.9. The summed E-state index contributed by atoms with van der Waals surface area (Å²) in [5.41, 5.74) is 11.4. The molecule has 0 heterocycles. The van der Waals surface area contributed by atoms with Crippen LogP contribution in [0, 0.1) is 0 Å². The third kappa shape index (κ3) is 12.0.